The van der Waals surface area contributed by atoms with E-state index in [0.29, 0.717) is 0 Å². The van der Waals surface area contributed by atoms with Crippen molar-refractivity contribution in [1.29, 1.82) is 0 Å². The first-order valence-electron chi connectivity index (χ1n) is 12.8. The SMILES string of the molecule is COc1cccc2c1C(=O)c1c(O)c3c(c(O)c1C2=O)C[C@@](O)(C(=O)CO)C[C@@H]3O[C@H]1C[C@H](N)[C@H](OC)[C@H](C)O1. The van der Waals surface area contributed by atoms with Crippen LogP contribution < -0.4 is 10.5 Å². The predicted molar refractivity (Wildman–Crippen MR) is 137 cm³/mol. The number of aromatic hydroxyl groups is 2. The van der Waals surface area contributed by atoms with E-state index in [2.05, 4.69) is 0 Å². The molecule has 0 saturated carbocycles. The Morgan fingerprint density at radius 2 is 1.82 bits per heavy atom. The summed E-state index contributed by atoms with van der Waals surface area (Å²) in [6.07, 6.45) is -4.02. The van der Waals surface area contributed by atoms with E-state index >= 15 is 0 Å². The predicted octanol–water partition coefficient (Wildman–Crippen LogP) is 0.655. The first kappa shape index (κ1) is 28.1. The molecule has 6 N–H and O–H groups in total. The minimum atomic E-state index is -2.22. The highest BCUT2D eigenvalue weighted by atomic mass is 16.7. The number of methoxy groups -OCH3 is 2. The fraction of sp³-hybridized carbons (Fsp3) is 0.464. The van der Waals surface area contributed by atoms with Gasteiger partial charge in [0.2, 0.25) is 5.78 Å². The Hall–Kier alpha value is -3.39. The second-order valence-electron chi connectivity index (χ2n) is 10.4. The molecule has 0 aromatic heterocycles. The number of phenolic OH excluding ortho intramolecular Hbond substituents is 2. The summed E-state index contributed by atoms with van der Waals surface area (Å²) in [7, 11) is 2.83. The molecular weight excluding hydrogens is 526 g/mol. The van der Waals surface area contributed by atoms with Crippen LogP contribution in [0.3, 0.4) is 0 Å². The number of ether oxygens (including phenoxy) is 4. The van der Waals surface area contributed by atoms with Crippen LogP contribution in [0.4, 0.5) is 0 Å². The molecule has 40 heavy (non-hydrogen) atoms. The lowest BCUT2D eigenvalue weighted by Gasteiger charge is -2.42. The maximum absolute atomic E-state index is 13.7. The average molecular weight is 558 g/mol. The summed E-state index contributed by atoms with van der Waals surface area (Å²) in [5.41, 5.74) is 2.76. The molecule has 0 radical (unpaired) electrons. The minimum Gasteiger partial charge on any atom is -0.507 e. The lowest BCUT2D eigenvalue weighted by atomic mass is 9.72. The minimum absolute atomic E-state index is 0.0388. The molecule has 0 spiro atoms. The Morgan fingerprint density at radius 1 is 1.12 bits per heavy atom. The van der Waals surface area contributed by atoms with Crippen LogP contribution >= 0.6 is 0 Å². The average Bonchev–Trinajstić information content (AvgIpc) is 2.92. The standard InChI is InChI=1S/C28H31NO11/c1-11-27(38-3)14(29)7-18(39-11)40-16-9-28(36,17(31)10-30)8-13-20(16)26(35)22-21(24(13)33)23(32)12-5-4-6-15(37-2)19(12)25(22)34/h4-6,11,14,16,18,27,30,33,35-36H,7-10,29H2,1-3H3/t11-,14-,16-,18-,27+,28-/m0/s1. The number of hydrogen-bond acceptors (Lipinski definition) is 12. The van der Waals surface area contributed by atoms with Crippen molar-refractivity contribution >= 4 is 17.3 Å². The van der Waals surface area contributed by atoms with E-state index in [9.17, 15) is 34.8 Å². The van der Waals surface area contributed by atoms with E-state index < -0.39 is 95.7 Å². The molecule has 0 amide bonds. The quantitative estimate of drug-likeness (QED) is 0.266. The molecule has 12 nitrogen and oxygen atoms in total. The van der Waals surface area contributed by atoms with Gasteiger partial charge in [0, 0.05) is 49.1 Å². The first-order chi connectivity index (χ1) is 19.0. The van der Waals surface area contributed by atoms with E-state index in [-0.39, 0.29) is 34.4 Å². The molecule has 12 heteroatoms. The van der Waals surface area contributed by atoms with Gasteiger partial charge >= 0.3 is 0 Å². The number of ketones is 3. The molecular formula is C28H31NO11. The van der Waals surface area contributed by atoms with Gasteiger partial charge in [0.25, 0.3) is 0 Å². The third-order valence-electron chi connectivity index (χ3n) is 8.04. The van der Waals surface area contributed by atoms with Gasteiger partial charge in [-0.1, -0.05) is 12.1 Å². The van der Waals surface area contributed by atoms with Crippen molar-refractivity contribution in [3.63, 3.8) is 0 Å². The Balaban J connectivity index is 1.67. The second kappa shape index (κ2) is 10.2. The summed E-state index contributed by atoms with van der Waals surface area (Å²) >= 11 is 0. The zero-order valence-corrected chi connectivity index (χ0v) is 22.2. The molecule has 6 atom stereocenters. The van der Waals surface area contributed by atoms with Crippen LogP contribution in [0.15, 0.2) is 18.2 Å². The van der Waals surface area contributed by atoms with Crippen LogP contribution in [-0.2, 0) is 25.4 Å². The fourth-order valence-corrected chi connectivity index (χ4v) is 6.11. The number of carbonyl (C=O) groups is 3. The molecule has 0 bridgehead atoms. The molecule has 214 valence electrons. The number of phenols is 2. The van der Waals surface area contributed by atoms with Crippen LogP contribution in [0.25, 0.3) is 0 Å². The number of aliphatic hydroxyl groups is 2. The Morgan fingerprint density at radius 3 is 2.45 bits per heavy atom. The van der Waals surface area contributed by atoms with Gasteiger partial charge in [-0.2, -0.15) is 0 Å². The summed E-state index contributed by atoms with van der Waals surface area (Å²) in [4.78, 5) is 39.9. The van der Waals surface area contributed by atoms with Gasteiger partial charge < -0.3 is 45.1 Å². The Kier molecular flexibility index (Phi) is 7.19. The maximum atomic E-state index is 13.7. The topological polar surface area (TPSA) is 195 Å². The number of aliphatic hydroxyl groups excluding tert-OH is 1. The number of fused-ring (bicyclic) bond motifs is 3. The Labute approximate surface area is 229 Å². The van der Waals surface area contributed by atoms with E-state index in [0.717, 1.165) is 0 Å². The zero-order valence-electron chi connectivity index (χ0n) is 22.2. The van der Waals surface area contributed by atoms with Crippen molar-refractivity contribution < 1.29 is 53.8 Å². The number of nitrogens with two attached hydrogens (primary N) is 1. The van der Waals surface area contributed by atoms with Gasteiger partial charge in [-0.25, -0.2) is 0 Å². The lowest BCUT2D eigenvalue weighted by Crippen LogP contribution is -2.53. The Bertz CT molecular complexity index is 1390. The molecule has 2 aromatic carbocycles. The van der Waals surface area contributed by atoms with Crippen LogP contribution in [-0.4, -0.2) is 88.7 Å². The maximum Gasteiger partial charge on any atom is 0.202 e. The van der Waals surface area contributed by atoms with Gasteiger partial charge in [-0.3, -0.25) is 14.4 Å². The first-order valence-corrected chi connectivity index (χ1v) is 12.8. The van der Waals surface area contributed by atoms with Crippen molar-refractivity contribution in [3.05, 3.63) is 51.6 Å². The summed E-state index contributed by atoms with van der Waals surface area (Å²) in [6, 6.07) is 3.91. The third-order valence-corrected chi connectivity index (χ3v) is 8.04. The normalized spacial score (nSPS) is 29.4. The van der Waals surface area contributed by atoms with E-state index in [1.54, 1.807) is 6.92 Å². The van der Waals surface area contributed by atoms with Crippen molar-refractivity contribution in [2.24, 2.45) is 5.73 Å². The van der Waals surface area contributed by atoms with Crippen LogP contribution in [0, 0.1) is 0 Å². The number of Topliss-reactive ketones (excluding diaryl/α,β-unsaturated/α-hetero) is 1. The molecule has 3 aliphatic rings. The monoisotopic (exact) mass is 557 g/mol. The molecule has 2 aliphatic carbocycles. The van der Waals surface area contributed by atoms with Gasteiger partial charge in [0.1, 0.15) is 29.5 Å². The smallest absolute Gasteiger partial charge is 0.202 e. The van der Waals surface area contributed by atoms with Gasteiger partial charge in [-0.05, 0) is 13.0 Å². The van der Waals surface area contributed by atoms with Crippen molar-refractivity contribution in [2.45, 2.75) is 62.4 Å². The molecule has 2 aromatic rings. The fourth-order valence-electron chi connectivity index (χ4n) is 6.11. The summed E-state index contributed by atoms with van der Waals surface area (Å²) < 4.78 is 22.7. The van der Waals surface area contributed by atoms with Gasteiger partial charge in [0.05, 0.1) is 42.1 Å². The largest absolute Gasteiger partial charge is 0.507 e. The molecule has 1 heterocycles. The third kappa shape index (κ3) is 4.19. The number of rotatable bonds is 6. The number of hydrogen-bond donors (Lipinski definition) is 5. The molecule has 1 fully saturated rings. The second-order valence-corrected chi connectivity index (χ2v) is 10.4. The van der Waals surface area contributed by atoms with E-state index in [4.69, 9.17) is 24.7 Å². The van der Waals surface area contributed by atoms with Crippen molar-refractivity contribution in [2.75, 3.05) is 20.8 Å². The van der Waals surface area contributed by atoms with Crippen LogP contribution in [0.2, 0.25) is 0 Å². The van der Waals surface area contributed by atoms with E-state index in [1.807, 2.05) is 0 Å². The highest BCUT2D eigenvalue weighted by Gasteiger charge is 2.50. The molecule has 0 unspecified atom stereocenters. The van der Waals surface area contributed by atoms with Gasteiger partial charge in [0.15, 0.2) is 17.9 Å². The number of carbonyl (C=O) groups excluding carboxylic acids is 3. The summed E-state index contributed by atoms with van der Waals surface area (Å²) in [5, 5.41) is 43.8. The van der Waals surface area contributed by atoms with Crippen molar-refractivity contribution in [1.82, 2.24) is 0 Å². The molecule has 1 saturated heterocycles. The summed E-state index contributed by atoms with van der Waals surface area (Å²) in [6.45, 7) is 0.733. The molecule has 1 aliphatic heterocycles. The van der Waals surface area contributed by atoms with Gasteiger partial charge in [-0.15, -0.1) is 0 Å². The lowest BCUT2D eigenvalue weighted by molar-refractivity contribution is -0.250. The van der Waals surface area contributed by atoms with Crippen LogP contribution in [0.1, 0.15) is 68.8 Å². The highest BCUT2D eigenvalue weighted by Crippen LogP contribution is 2.52. The number of benzene rings is 2. The molecule has 5 rings (SSSR count). The van der Waals surface area contributed by atoms with Crippen molar-refractivity contribution in [3.8, 4) is 17.2 Å². The summed E-state index contributed by atoms with van der Waals surface area (Å²) in [5.74, 6) is -3.66. The highest BCUT2D eigenvalue weighted by molar-refractivity contribution is 6.31. The van der Waals surface area contributed by atoms with Crippen LogP contribution in [0.5, 0.6) is 17.2 Å². The van der Waals surface area contributed by atoms with E-state index in [1.165, 1.54) is 32.4 Å². The zero-order chi connectivity index (χ0) is 29.1.